The number of hydrogen-bond donors (Lipinski definition) is 1. The van der Waals surface area contributed by atoms with Crippen LogP contribution in [0, 0.1) is 5.92 Å². The third-order valence-electron chi connectivity index (χ3n) is 5.07. The zero-order valence-electron chi connectivity index (χ0n) is 15.8. The Hall–Kier alpha value is -3.16. The molecule has 1 saturated carbocycles. The number of rotatable bonds is 5. The van der Waals surface area contributed by atoms with Crippen molar-refractivity contribution in [2.24, 2.45) is 5.92 Å². The van der Waals surface area contributed by atoms with Gasteiger partial charge in [-0.05, 0) is 25.0 Å². The van der Waals surface area contributed by atoms with Crippen molar-refractivity contribution in [3.8, 4) is 5.75 Å². The van der Waals surface area contributed by atoms with Crippen LogP contribution in [0.1, 0.15) is 23.2 Å². The Morgan fingerprint density at radius 3 is 2.64 bits per heavy atom. The first kappa shape index (κ1) is 18.2. The topological polar surface area (TPSA) is 87.7 Å². The Labute approximate surface area is 163 Å². The summed E-state index contributed by atoms with van der Waals surface area (Å²) in [6, 6.07) is 5.29. The molecule has 0 spiro atoms. The molecule has 0 unspecified atom stereocenters. The minimum atomic E-state index is -0.0484. The van der Waals surface area contributed by atoms with Crippen molar-refractivity contribution in [3.63, 3.8) is 0 Å². The van der Waals surface area contributed by atoms with Crippen molar-refractivity contribution >= 4 is 23.3 Å². The monoisotopic (exact) mass is 381 g/mol. The molecule has 0 atom stereocenters. The summed E-state index contributed by atoms with van der Waals surface area (Å²) < 4.78 is 5.23. The molecule has 8 nitrogen and oxygen atoms in total. The first-order valence-electron chi connectivity index (χ1n) is 9.44. The second-order valence-corrected chi connectivity index (χ2v) is 7.06. The number of aromatic nitrogens is 2. The predicted octanol–water partition coefficient (Wildman–Crippen LogP) is 1.80. The average Bonchev–Trinajstić information content (AvgIpc) is 3.59. The molecule has 2 aromatic rings. The van der Waals surface area contributed by atoms with Crippen molar-refractivity contribution < 1.29 is 14.3 Å². The molecule has 2 fully saturated rings. The fraction of sp³-hybridized carbons (Fsp3) is 0.400. The number of carbonyl (C=O) groups excluding carboxylic acids is 2. The summed E-state index contributed by atoms with van der Waals surface area (Å²) in [4.78, 5) is 37.1. The summed E-state index contributed by atoms with van der Waals surface area (Å²) in [5, 5.41) is 2.79. The molecule has 3 heterocycles. The van der Waals surface area contributed by atoms with Gasteiger partial charge in [-0.3, -0.25) is 14.6 Å². The summed E-state index contributed by atoms with van der Waals surface area (Å²) in [6.07, 6.45) is 6.90. The van der Waals surface area contributed by atoms with Crippen molar-refractivity contribution in [3.05, 3.63) is 42.4 Å². The molecule has 146 valence electrons. The highest BCUT2D eigenvalue weighted by molar-refractivity contribution is 5.97. The van der Waals surface area contributed by atoms with Gasteiger partial charge in [0.25, 0.3) is 5.91 Å². The van der Waals surface area contributed by atoms with Crippen molar-refractivity contribution in [2.45, 2.75) is 12.8 Å². The zero-order chi connectivity index (χ0) is 19.5. The summed E-state index contributed by atoms with van der Waals surface area (Å²) in [5.41, 5.74) is 1.53. The molecular weight excluding hydrogens is 358 g/mol. The Bertz CT molecular complexity index is 876. The third kappa shape index (κ3) is 4.05. The molecule has 0 radical (unpaired) electrons. The number of anilines is 2. The van der Waals surface area contributed by atoms with E-state index in [1.807, 2.05) is 11.0 Å². The highest BCUT2D eigenvalue weighted by atomic mass is 16.5. The SMILES string of the molecule is COc1cncc(N2CCN(C(=O)c3ccnc(NC(=O)C4CC4)c3)CC2)c1. The second kappa shape index (κ2) is 7.84. The van der Waals surface area contributed by atoms with Gasteiger partial charge in [0.2, 0.25) is 5.91 Å². The molecule has 1 N–H and O–H groups in total. The number of ether oxygens (including phenoxy) is 1. The average molecular weight is 381 g/mol. The second-order valence-electron chi connectivity index (χ2n) is 7.06. The number of amides is 2. The van der Waals surface area contributed by atoms with Crippen LogP contribution < -0.4 is 15.0 Å². The molecule has 0 bridgehead atoms. The van der Waals surface area contributed by atoms with Gasteiger partial charge in [-0.15, -0.1) is 0 Å². The number of carbonyl (C=O) groups is 2. The van der Waals surface area contributed by atoms with Gasteiger partial charge in [-0.2, -0.15) is 0 Å². The normalized spacial score (nSPS) is 16.6. The van der Waals surface area contributed by atoms with E-state index in [9.17, 15) is 9.59 Å². The molecule has 1 aliphatic heterocycles. The van der Waals surface area contributed by atoms with Crippen LogP contribution in [0.15, 0.2) is 36.8 Å². The van der Waals surface area contributed by atoms with Crippen LogP contribution in [-0.4, -0.2) is 60.0 Å². The van der Waals surface area contributed by atoms with Crippen LogP contribution >= 0.6 is 0 Å². The number of nitrogens with one attached hydrogen (secondary N) is 1. The quantitative estimate of drug-likeness (QED) is 0.850. The van der Waals surface area contributed by atoms with Crippen molar-refractivity contribution in [1.82, 2.24) is 14.9 Å². The third-order valence-corrected chi connectivity index (χ3v) is 5.07. The van der Waals surface area contributed by atoms with E-state index >= 15 is 0 Å². The zero-order valence-corrected chi connectivity index (χ0v) is 15.8. The van der Waals surface area contributed by atoms with Gasteiger partial charge in [0.05, 0.1) is 25.2 Å². The standard InChI is InChI=1S/C20H23N5O3/c1-28-17-11-16(12-21-13-17)24-6-8-25(9-7-24)20(27)15-4-5-22-18(10-15)23-19(26)14-2-3-14/h4-5,10-14H,2-3,6-9H2,1H3,(H,22,23,26). The molecule has 4 rings (SSSR count). The van der Waals surface area contributed by atoms with Crippen LogP contribution in [-0.2, 0) is 4.79 Å². The summed E-state index contributed by atoms with van der Waals surface area (Å²) in [7, 11) is 1.62. The van der Waals surface area contributed by atoms with E-state index in [1.54, 1.807) is 37.8 Å². The van der Waals surface area contributed by atoms with Crippen LogP contribution in [0.5, 0.6) is 5.75 Å². The predicted molar refractivity (Wildman–Crippen MR) is 104 cm³/mol. The van der Waals surface area contributed by atoms with Crippen LogP contribution in [0.3, 0.4) is 0 Å². The van der Waals surface area contributed by atoms with Gasteiger partial charge < -0.3 is 19.9 Å². The Balaban J connectivity index is 1.37. The minimum absolute atomic E-state index is 0.0161. The number of pyridine rings is 2. The number of hydrogen-bond acceptors (Lipinski definition) is 6. The van der Waals surface area contributed by atoms with E-state index in [2.05, 4.69) is 20.2 Å². The summed E-state index contributed by atoms with van der Waals surface area (Å²) >= 11 is 0. The van der Waals surface area contributed by atoms with Gasteiger partial charge >= 0.3 is 0 Å². The highest BCUT2D eigenvalue weighted by Crippen LogP contribution is 2.30. The van der Waals surface area contributed by atoms with E-state index in [1.165, 1.54) is 0 Å². The lowest BCUT2D eigenvalue weighted by Crippen LogP contribution is -2.48. The number of nitrogens with zero attached hydrogens (tertiary/aromatic N) is 4. The molecule has 2 amide bonds. The van der Waals surface area contributed by atoms with Gasteiger partial charge in [0.15, 0.2) is 0 Å². The Morgan fingerprint density at radius 2 is 1.93 bits per heavy atom. The molecule has 8 heteroatoms. The maximum atomic E-state index is 12.9. The largest absolute Gasteiger partial charge is 0.495 e. The first-order valence-corrected chi connectivity index (χ1v) is 9.44. The van der Waals surface area contributed by atoms with Crippen LogP contribution in [0.2, 0.25) is 0 Å². The van der Waals surface area contributed by atoms with Crippen LogP contribution in [0.4, 0.5) is 11.5 Å². The van der Waals surface area contributed by atoms with Gasteiger partial charge in [0, 0.05) is 49.9 Å². The Kier molecular flexibility index (Phi) is 5.10. The molecule has 0 aromatic carbocycles. The molecular formula is C20H23N5O3. The Morgan fingerprint density at radius 1 is 1.14 bits per heavy atom. The first-order chi connectivity index (χ1) is 13.6. The van der Waals surface area contributed by atoms with E-state index in [4.69, 9.17) is 4.74 Å². The maximum absolute atomic E-state index is 12.9. The van der Waals surface area contributed by atoms with E-state index in [-0.39, 0.29) is 17.7 Å². The molecule has 1 aliphatic carbocycles. The molecule has 2 aliphatic rings. The van der Waals surface area contributed by atoms with E-state index in [0.717, 1.165) is 31.6 Å². The van der Waals surface area contributed by atoms with Gasteiger partial charge in [-0.1, -0.05) is 0 Å². The molecule has 2 aromatic heterocycles. The van der Waals surface area contributed by atoms with Crippen molar-refractivity contribution in [2.75, 3.05) is 43.5 Å². The van der Waals surface area contributed by atoms with Crippen molar-refractivity contribution in [1.29, 1.82) is 0 Å². The van der Waals surface area contributed by atoms with Crippen LogP contribution in [0.25, 0.3) is 0 Å². The fourth-order valence-corrected chi connectivity index (χ4v) is 3.25. The smallest absolute Gasteiger partial charge is 0.254 e. The lowest BCUT2D eigenvalue weighted by Gasteiger charge is -2.36. The van der Waals surface area contributed by atoms with E-state index in [0.29, 0.717) is 30.2 Å². The molecule has 1 saturated heterocycles. The minimum Gasteiger partial charge on any atom is -0.495 e. The lowest BCUT2D eigenvalue weighted by atomic mass is 10.2. The maximum Gasteiger partial charge on any atom is 0.254 e. The summed E-state index contributed by atoms with van der Waals surface area (Å²) in [5.74, 6) is 1.18. The highest BCUT2D eigenvalue weighted by Gasteiger charge is 2.30. The number of piperazine rings is 1. The van der Waals surface area contributed by atoms with E-state index < -0.39 is 0 Å². The van der Waals surface area contributed by atoms with Gasteiger partial charge in [-0.25, -0.2) is 4.98 Å². The molecule has 28 heavy (non-hydrogen) atoms. The summed E-state index contributed by atoms with van der Waals surface area (Å²) in [6.45, 7) is 2.66. The lowest BCUT2D eigenvalue weighted by molar-refractivity contribution is -0.117. The fourth-order valence-electron chi connectivity index (χ4n) is 3.25. The van der Waals surface area contributed by atoms with Gasteiger partial charge in [0.1, 0.15) is 11.6 Å². The number of methoxy groups -OCH3 is 1.